The summed E-state index contributed by atoms with van der Waals surface area (Å²) < 4.78 is 32.9. The van der Waals surface area contributed by atoms with Gasteiger partial charge < -0.3 is 9.64 Å². The molecule has 0 saturated carbocycles. The number of likely N-dealkylation sites (N-methyl/N-ethyl adjacent to an activating group) is 1. The van der Waals surface area contributed by atoms with E-state index in [0.717, 1.165) is 5.75 Å². The van der Waals surface area contributed by atoms with Gasteiger partial charge in [-0.3, -0.25) is 4.79 Å². The van der Waals surface area contributed by atoms with Gasteiger partial charge in [0.05, 0.1) is 12.5 Å². The van der Waals surface area contributed by atoms with E-state index in [0.29, 0.717) is 36.7 Å². The zero-order valence-electron chi connectivity index (χ0n) is 16.2. The van der Waals surface area contributed by atoms with Gasteiger partial charge in [-0.1, -0.05) is 23.8 Å². The van der Waals surface area contributed by atoms with E-state index < -0.39 is 10.0 Å². The molecule has 8 heteroatoms. The summed E-state index contributed by atoms with van der Waals surface area (Å²) in [5.41, 5.74) is 1.17. The molecule has 1 aliphatic heterocycles. The zero-order valence-corrected chi connectivity index (χ0v) is 17.8. The number of nitrogens with zero attached hydrogens (tertiary/aromatic N) is 2. The van der Waals surface area contributed by atoms with E-state index in [9.17, 15) is 13.2 Å². The molecule has 1 saturated heterocycles. The average Bonchev–Trinajstić information content (AvgIpc) is 3.24. The van der Waals surface area contributed by atoms with Crippen molar-refractivity contribution in [2.45, 2.75) is 24.0 Å². The fraction of sp³-hybridized carbons (Fsp3) is 0.450. The summed E-state index contributed by atoms with van der Waals surface area (Å²) >= 11 is 1.21. The largest absolute Gasteiger partial charge is 0.492 e. The highest BCUT2D eigenvalue weighted by atomic mass is 32.2. The third kappa shape index (κ3) is 4.92. The Balaban J connectivity index is 1.53. The molecule has 0 radical (unpaired) electrons. The molecule has 1 unspecified atom stereocenters. The Bertz CT molecular complexity index is 879. The van der Waals surface area contributed by atoms with Gasteiger partial charge in [-0.25, -0.2) is 8.42 Å². The molecule has 1 aromatic heterocycles. The summed E-state index contributed by atoms with van der Waals surface area (Å²) in [6.45, 7) is 3.57. The molecule has 1 atom stereocenters. The van der Waals surface area contributed by atoms with E-state index in [2.05, 4.69) is 0 Å². The van der Waals surface area contributed by atoms with Gasteiger partial charge in [-0.15, -0.1) is 11.3 Å². The predicted molar refractivity (Wildman–Crippen MR) is 110 cm³/mol. The van der Waals surface area contributed by atoms with E-state index in [1.54, 1.807) is 29.5 Å². The average molecular weight is 423 g/mol. The van der Waals surface area contributed by atoms with E-state index in [4.69, 9.17) is 4.74 Å². The monoisotopic (exact) mass is 422 g/mol. The Kier molecular flexibility index (Phi) is 6.74. The van der Waals surface area contributed by atoms with Crippen LogP contribution in [0.1, 0.15) is 18.4 Å². The van der Waals surface area contributed by atoms with Gasteiger partial charge in [-0.2, -0.15) is 4.31 Å². The maximum atomic E-state index is 12.8. The van der Waals surface area contributed by atoms with Crippen molar-refractivity contribution >= 4 is 27.3 Å². The number of sulfonamides is 1. The molecule has 1 aliphatic rings. The normalized spacial score (nSPS) is 18.0. The van der Waals surface area contributed by atoms with Crippen molar-refractivity contribution in [2.24, 2.45) is 5.92 Å². The number of aryl methyl sites for hydroxylation is 1. The van der Waals surface area contributed by atoms with Crippen LogP contribution in [0.2, 0.25) is 0 Å². The Morgan fingerprint density at radius 3 is 2.71 bits per heavy atom. The van der Waals surface area contributed by atoms with Crippen LogP contribution >= 0.6 is 11.3 Å². The van der Waals surface area contributed by atoms with Gasteiger partial charge in [0.25, 0.3) is 10.0 Å². The van der Waals surface area contributed by atoms with Crippen molar-refractivity contribution in [3.63, 3.8) is 0 Å². The predicted octanol–water partition coefficient (Wildman–Crippen LogP) is 2.99. The number of amides is 1. The van der Waals surface area contributed by atoms with Crippen molar-refractivity contribution in [2.75, 3.05) is 33.3 Å². The standard InChI is InChI=1S/C20H26N2O4S2/c1-16-7-9-18(10-8-16)26-13-12-21(2)20(23)17-5-3-11-22(15-17)28(24,25)19-6-4-14-27-19/h4,6-10,14,17H,3,5,11-13,15H2,1-2H3. The number of piperidine rings is 1. The summed E-state index contributed by atoms with van der Waals surface area (Å²) in [7, 11) is -1.77. The lowest BCUT2D eigenvalue weighted by Gasteiger charge is -2.33. The summed E-state index contributed by atoms with van der Waals surface area (Å²) in [6, 6.07) is 11.1. The topological polar surface area (TPSA) is 66.9 Å². The molecule has 1 amide bonds. The minimum absolute atomic E-state index is 0.0291. The highest BCUT2D eigenvalue weighted by Crippen LogP contribution is 2.27. The molecular weight excluding hydrogens is 396 g/mol. The van der Waals surface area contributed by atoms with Gasteiger partial charge in [0.1, 0.15) is 16.6 Å². The van der Waals surface area contributed by atoms with Gasteiger partial charge in [0.2, 0.25) is 5.91 Å². The van der Waals surface area contributed by atoms with Crippen LogP contribution in [-0.4, -0.2) is 56.8 Å². The zero-order chi connectivity index (χ0) is 20.1. The van der Waals surface area contributed by atoms with Crippen molar-refractivity contribution in [3.05, 3.63) is 47.3 Å². The molecule has 2 heterocycles. The lowest BCUT2D eigenvalue weighted by atomic mass is 9.98. The van der Waals surface area contributed by atoms with Gasteiger partial charge in [-0.05, 0) is 43.3 Å². The van der Waals surface area contributed by atoms with E-state index in [-0.39, 0.29) is 18.4 Å². The molecule has 1 fully saturated rings. The maximum absolute atomic E-state index is 12.8. The van der Waals surface area contributed by atoms with Crippen molar-refractivity contribution in [1.82, 2.24) is 9.21 Å². The smallest absolute Gasteiger partial charge is 0.252 e. The van der Waals surface area contributed by atoms with Crippen molar-refractivity contribution in [3.8, 4) is 5.75 Å². The molecule has 0 aliphatic carbocycles. The number of carbonyl (C=O) groups excluding carboxylic acids is 1. The van der Waals surface area contributed by atoms with Gasteiger partial charge in [0, 0.05) is 20.1 Å². The first-order valence-corrected chi connectivity index (χ1v) is 11.7. The van der Waals surface area contributed by atoms with Crippen LogP contribution < -0.4 is 4.74 Å². The number of hydrogen-bond acceptors (Lipinski definition) is 5. The molecule has 0 spiro atoms. The second-order valence-electron chi connectivity index (χ2n) is 7.06. The number of carbonyl (C=O) groups is 1. The Labute approximate surface area is 170 Å². The molecule has 0 N–H and O–H groups in total. The van der Waals surface area contributed by atoms with Crippen LogP contribution in [0, 0.1) is 12.8 Å². The van der Waals surface area contributed by atoms with Gasteiger partial charge >= 0.3 is 0 Å². The quantitative estimate of drug-likeness (QED) is 0.688. The highest BCUT2D eigenvalue weighted by Gasteiger charge is 2.34. The molecule has 3 rings (SSSR count). The highest BCUT2D eigenvalue weighted by molar-refractivity contribution is 7.91. The molecule has 28 heavy (non-hydrogen) atoms. The SMILES string of the molecule is Cc1ccc(OCCN(C)C(=O)C2CCCN(S(=O)(=O)c3cccs3)C2)cc1. The first-order valence-electron chi connectivity index (χ1n) is 9.36. The second-order valence-corrected chi connectivity index (χ2v) is 10.2. The molecule has 0 bridgehead atoms. The molecule has 1 aromatic carbocycles. The molecule has 152 valence electrons. The minimum atomic E-state index is -3.51. The van der Waals surface area contributed by atoms with Crippen LogP contribution in [0.3, 0.4) is 0 Å². The minimum Gasteiger partial charge on any atom is -0.492 e. The number of thiophene rings is 1. The van der Waals surface area contributed by atoms with E-state index in [1.807, 2.05) is 31.2 Å². The maximum Gasteiger partial charge on any atom is 0.252 e. The fourth-order valence-electron chi connectivity index (χ4n) is 3.26. The van der Waals surface area contributed by atoms with Crippen LogP contribution in [0.4, 0.5) is 0 Å². The third-order valence-electron chi connectivity index (χ3n) is 4.92. The number of benzene rings is 1. The number of rotatable bonds is 7. The summed E-state index contributed by atoms with van der Waals surface area (Å²) in [5.74, 6) is 0.434. The van der Waals surface area contributed by atoms with E-state index in [1.165, 1.54) is 21.2 Å². The Hall–Kier alpha value is -1.90. The molecule has 2 aromatic rings. The second kappa shape index (κ2) is 9.07. The van der Waals surface area contributed by atoms with Crippen LogP contribution in [0.5, 0.6) is 5.75 Å². The van der Waals surface area contributed by atoms with Gasteiger partial charge in [0.15, 0.2) is 0 Å². The summed E-state index contributed by atoms with van der Waals surface area (Å²) in [4.78, 5) is 14.4. The Morgan fingerprint density at radius 1 is 1.29 bits per heavy atom. The summed E-state index contributed by atoms with van der Waals surface area (Å²) in [6.07, 6.45) is 1.40. The first kappa shape index (κ1) is 20.8. The Morgan fingerprint density at radius 2 is 2.04 bits per heavy atom. The number of hydrogen-bond donors (Lipinski definition) is 0. The van der Waals surface area contributed by atoms with Crippen molar-refractivity contribution in [1.29, 1.82) is 0 Å². The first-order chi connectivity index (χ1) is 13.4. The number of ether oxygens (including phenoxy) is 1. The third-order valence-corrected chi connectivity index (χ3v) is 8.15. The van der Waals surface area contributed by atoms with Crippen LogP contribution in [0.25, 0.3) is 0 Å². The fourth-order valence-corrected chi connectivity index (χ4v) is 5.92. The lowest BCUT2D eigenvalue weighted by Crippen LogP contribution is -2.46. The van der Waals surface area contributed by atoms with Crippen molar-refractivity contribution < 1.29 is 17.9 Å². The van der Waals surface area contributed by atoms with Crippen LogP contribution in [0.15, 0.2) is 46.0 Å². The molecular formula is C20H26N2O4S2. The van der Waals surface area contributed by atoms with E-state index >= 15 is 0 Å². The molecule has 6 nitrogen and oxygen atoms in total. The summed E-state index contributed by atoms with van der Waals surface area (Å²) in [5, 5.41) is 1.75. The lowest BCUT2D eigenvalue weighted by molar-refractivity contribution is -0.135. The van der Waals surface area contributed by atoms with Crippen LogP contribution in [-0.2, 0) is 14.8 Å².